The molecule has 1 aromatic carbocycles. The largest absolute Gasteiger partial charge is 0.399 e. The fourth-order valence-electron chi connectivity index (χ4n) is 1.48. The number of rotatable bonds is 1. The zero-order valence-corrected chi connectivity index (χ0v) is 8.19. The van der Waals surface area contributed by atoms with Crippen molar-refractivity contribution < 1.29 is 0 Å². The van der Waals surface area contributed by atoms with Crippen molar-refractivity contribution in [2.75, 3.05) is 5.73 Å². The summed E-state index contributed by atoms with van der Waals surface area (Å²) >= 11 is 5.16. The molecule has 68 valence electrons. The summed E-state index contributed by atoms with van der Waals surface area (Å²) in [6, 6.07) is 5.76. The van der Waals surface area contributed by atoms with Gasteiger partial charge in [-0.2, -0.15) is 0 Å². The lowest BCUT2D eigenvalue weighted by Gasteiger charge is -1.99. The molecule has 0 spiro atoms. The van der Waals surface area contributed by atoms with Gasteiger partial charge in [-0.3, -0.25) is 0 Å². The molecule has 13 heavy (non-hydrogen) atoms. The lowest BCUT2D eigenvalue weighted by Crippen LogP contribution is -1.93. The van der Waals surface area contributed by atoms with E-state index in [2.05, 4.69) is 11.9 Å². The number of hydrogen-bond acceptors (Lipinski definition) is 2. The number of fused-ring (bicyclic) bond motifs is 1. The average Bonchev–Trinajstić information content (AvgIpc) is 2.40. The SMILES string of the molecule is CCn1c(=S)[nH]c2ccc(N)cc21. The summed E-state index contributed by atoms with van der Waals surface area (Å²) in [5, 5.41) is 0. The van der Waals surface area contributed by atoms with Crippen LogP contribution < -0.4 is 5.73 Å². The highest BCUT2D eigenvalue weighted by atomic mass is 32.1. The smallest absolute Gasteiger partial charge is 0.178 e. The maximum Gasteiger partial charge on any atom is 0.178 e. The monoisotopic (exact) mass is 193 g/mol. The third-order valence-corrected chi connectivity index (χ3v) is 2.44. The van der Waals surface area contributed by atoms with Crippen LogP contribution in [0.15, 0.2) is 18.2 Å². The maximum absolute atomic E-state index is 5.70. The number of nitrogens with one attached hydrogen (secondary N) is 1. The van der Waals surface area contributed by atoms with E-state index in [0.717, 1.165) is 28.0 Å². The molecule has 0 aliphatic heterocycles. The Bertz CT molecular complexity index is 495. The average molecular weight is 193 g/mol. The third-order valence-electron chi connectivity index (χ3n) is 2.12. The van der Waals surface area contributed by atoms with Gasteiger partial charge in [-0.1, -0.05) is 0 Å². The summed E-state index contributed by atoms with van der Waals surface area (Å²) in [5.74, 6) is 0. The van der Waals surface area contributed by atoms with E-state index >= 15 is 0 Å². The van der Waals surface area contributed by atoms with Crippen molar-refractivity contribution in [3.05, 3.63) is 23.0 Å². The summed E-state index contributed by atoms with van der Waals surface area (Å²) in [4.78, 5) is 3.13. The molecule has 0 aliphatic rings. The van der Waals surface area contributed by atoms with Gasteiger partial charge in [-0.05, 0) is 37.3 Å². The van der Waals surface area contributed by atoms with Crippen molar-refractivity contribution >= 4 is 28.9 Å². The van der Waals surface area contributed by atoms with E-state index in [1.165, 1.54) is 0 Å². The van der Waals surface area contributed by atoms with Crippen LogP contribution in [0.5, 0.6) is 0 Å². The van der Waals surface area contributed by atoms with E-state index in [-0.39, 0.29) is 0 Å². The van der Waals surface area contributed by atoms with Crippen LogP contribution in [0.3, 0.4) is 0 Å². The Labute approximate surface area is 81.2 Å². The molecular weight excluding hydrogens is 182 g/mol. The van der Waals surface area contributed by atoms with Gasteiger partial charge < -0.3 is 15.3 Å². The van der Waals surface area contributed by atoms with E-state index in [4.69, 9.17) is 18.0 Å². The third kappa shape index (κ3) is 1.23. The van der Waals surface area contributed by atoms with Gasteiger partial charge in [0.05, 0.1) is 11.0 Å². The molecule has 4 heteroatoms. The number of nitrogen functional groups attached to an aromatic ring is 1. The molecule has 2 rings (SSSR count). The highest BCUT2D eigenvalue weighted by Gasteiger charge is 2.01. The van der Waals surface area contributed by atoms with Gasteiger partial charge in [0.1, 0.15) is 0 Å². The highest BCUT2D eigenvalue weighted by Crippen LogP contribution is 2.16. The lowest BCUT2D eigenvalue weighted by atomic mass is 10.3. The van der Waals surface area contributed by atoms with Crippen molar-refractivity contribution in [1.82, 2.24) is 9.55 Å². The second kappa shape index (κ2) is 2.88. The number of aryl methyl sites for hydroxylation is 1. The number of benzene rings is 1. The fourth-order valence-corrected chi connectivity index (χ4v) is 1.82. The van der Waals surface area contributed by atoms with E-state index in [0.29, 0.717) is 0 Å². The van der Waals surface area contributed by atoms with Crippen LogP contribution in [-0.4, -0.2) is 9.55 Å². The van der Waals surface area contributed by atoms with Crippen LogP contribution in [0.2, 0.25) is 0 Å². The van der Waals surface area contributed by atoms with Gasteiger partial charge in [0.25, 0.3) is 0 Å². The number of imidazole rings is 1. The van der Waals surface area contributed by atoms with Crippen molar-refractivity contribution in [3.63, 3.8) is 0 Å². The van der Waals surface area contributed by atoms with E-state index in [1.807, 2.05) is 22.8 Å². The molecule has 0 saturated carbocycles. The van der Waals surface area contributed by atoms with Gasteiger partial charge in [0, 0.05) is 12.2 Å². The first-order valence-electron chi connectivity index (χ1n) is 4.20. The van der Waals surface area contributed by atoms with E-state index in [9.17, 15) is 0 Å². The zero-order valence-electron chi connectivity index (χ0n) is 7.37. The van der Waals surface area contributed by atoms with Crippen molar-refractivity contribution in [3.8, 4) is 0 Å². The minimum absolute atomic E-state index is 0.753. The molecule has 3 N–H and O–H groups in total. The van der Waals surface area contributed by atoms with Crippen LogP contribution >= 0.6 is 12.2 Å². The van der Waals surface area contributed by atoms with Crippen LogP contribution in [0, 0.1) is 4.77 Å². The summed E-state index contributed by atoms with van der Waals surface area (Å²) in [7, 11) is 0. The lowest BCUT2D eigenvalue weighted by molar-refractivity contribution is 0.774. The van der Waals surface area contributed by atoms with Crippen LogP contribution in [-0.2, 0) is 6.54 Å². The number of H-pyrrole nitrogens is 1. The molecule has 3 nitrogen and oxygen atoms in total. The van der Waals surface area contributed by atoms with Crippen LogP contribution in [0.4, 0.5) is 5.69 Å². The Kier molecular flexibility index (Phi) is 1.84. The van der Waals surface area contributed by atoms with Crippen LogP contribution in [0.1, 0.15) is 6.92 Å². The number of anilines is 1. The molecule has 0 amide bonds. The summed E-state index contributed by atoms with van der Waals surface area (Å²) in [6.45, 7) is 2.93. The molecule has 1 heterocycles. The number of aromatic nitrogens is 2. The highest BCUT2D eigenvalue weighted by molar-refractivity contribution is 7.71. The Morgan fingerprint density at radius 3 is 3.00 bits per heavy atom. The van der Waals surface area contributed by atoms with Crippen LogP contribution in [0.25, 0.3) is 11.0 Å². The predicted octanol–water partition coefficient (Wildman–Crippen LogP) is 2.30. The number of nitrogens with zero attached hydrogens (tertiary/aromatic N) is 1. The molecule has 0 fully saturated rings. The molecule has 1 aromatic heterocycles. The number of hydrogen-bond donors (Lipinski definition) is 2. The van der Waals surface area contributed by atoms with Crippen molar-refractivity contribution in [1.29, 1.82) is 0 Å². The quantitative estimate of drug-likeness (QED) is 0.539. The standard InChI is InChI=1S/C9H11N3S/c1-2-12-8-5-6(10)3-4-7(8)11-9(12)13/h3-5H,2,10H2,1H3,(H,11,13). The molecule has 0 aliphatic carbocycles. The van der Waals surface area contributed by atoms with E-state index < -0.39 is 0 Å². The van der Waals surface area contributed by atoms with Gasteiger partial charge in [0.15, 0.2) is 4.77 Å². The second-order valence-corrected chi connectivity index (χ2v) is 3.34. The molecule has 0 unspecified atom stereocenters. The van der Waals surface area contributed by atoms with Gasteiger partial charge >= 0.3 is 0 Å². The van der Waals surface area contributed by atoms with Gasteiger partial charge in [-0.25, -0.2) is 0 Å². The predicted molar refractivity (Wildman–Crippen MR) is 57.2 cm³/mol. The first-order valence-corrected chi connectivity index (χ1v) is 4.61. The van der Waals surface area contributed by atoms with Crippen molar-refractivity contribution in [2.24, 2.45) is 0 Å². The normalized spacial score (nSPS) is 10.8. The maximum atomic E-state index is 5.70. The Morgan fingerprint density at radius 2 is 2.31 bits per heavy atom. The molecule has 0 saturated heterocycles. The second-order valence-electron chi connectivity index (χ2n) is 2.95. The first kappa shape index (κ1) is 8.31. The zero-order chi connectivity index (χ0) is 9.42. The summed E-state index contributed by atoms with van der Waals surface area (Å²) < 4.78 is 2.78. The Balaban J connectivity index is 2.89. The fraction of sp³-hybridized carbons (Fsp3) is 0.222. The molecule has 0 bridgehead atoms. The van der Waals surface area contributed by atoms with E-state index in [1.54, 1.807) is 0 Å². The molecule has 2 aromatic rings. The Hall–Kier alpha value is -1.29. The first-order chi connectivity index (χ1) is 6.22. The van der Waals surface area contributed by atoms with Gasteiger partial charge in [0.2, 0.25) is 0 Å². The number of nitrogens with two attached hydrogens (primary N) is 1. The topological polar surface area (TPSA) is 46.7 Å². The molecule has 0 radical (unpaired) electrons. The Morgan fingerprint density at radius 1 is 1.54 bits per heavy atom. The summed E-state index contributed by atoms with van der Waals surface area (Å²) in [6.07, 6.45) is 0. The van der Waals surface area contributed by atoms with Crippen molar-refractivity contribution in [2.45, 2.75) is 13.5 Å². The van der Waals surface area contributed by atoms with Gasteiger partial charge in [-0.15, -0.1) is 0 Å². The molecular formula is C9H11N3S. The summed E-state index contributed by atoms with van der Waals surface area (Å²) in [5.41, 5.74) is 8.58. The molecule has 0 atom stereocenters. The minimum atomic E-state index is 0.753. The minimum Gasteiger partial charge on any atom is -0.399 e. The number of aromatic amines is 1.